The SMILES string of the molecule is CC(C)CCOC(=O)CN1CCC(=O)CC1. The van der Waals surface area contributed by atoms with Crippen molar-refractivity contribution in [2.24, 2.45) is 5.92 Å². The lowest BCUT2D eigenvalue weighted by molar-refractivity contribution is -0.146. The third-order valence-corrected chi connectivity index (χ3v) is 2.72. The monoisotopic (exact) mass is 227 g/mol. The molecule has 0 saturated carbocycles. The Labute approximate surface area is 96.9 Å². The number of piperidine rings is 1. The number of hydrogen-bond donors (Lipinski definition) is 0. The van der Waals surface area contributed by atoms with Crippen molar-refractivity contribution in [1.82, 2.24) is 4.90 Å². The van der Waals surface area contributed by atoms with Gasteiger partial charge in [-0.1, -0.05) is 13.8 Å². The lowest BCUT2D eigenvalue weighted by Gasteiger charge is -2.24. The molecule has 0 aliphatic carbocycles. The summed E-state index contributed by atoms with van der Waals surface area (Å²) < 4.78 is 5.12. The molecular weight excluding hydrogens is 206 g/mol. The van der Waals surface area contributed by atoms with E-state index in [-0.39, 0.29) is 5.97 Å². The van der Waals surface area contributed by atoms with E-state index in [1.54, 1.807) is 0 Å². The van der Waals surface area contributed by atoms with Crippen LogP contribution in [0.4, 0.5) is 0 Å². The quantitative estimate of drug-likeness (QED) is 0.663. The standard InChI is InChI=1S/C12H21NO3/c1-10(2)5-8-16-12(15)9-13-6-3-11(14)4-7-13/h10H,3-9H2,1-2H3. The summed E-state index contributed by atoms with van der Waals surface area (Å²) in [4.78, 5) is 24.4. The van der Waals surface area contributed by atoms with Gasteiger partial charge in [0.1, 0.15) is 5.78 Å². The van der Waals surface area contributed by atoms with Gasteiger partial charge in [-0.15, -0.1) is 0 Å². The normalized spacial score (nSPS) is 17.8. The molecule has 0 bridgehead atoms. The maximum absolute atomic E-state index is 11.4. The Balaban J connectivity index is 2.12. The Morgan fingerprint density at radius 2 is 2.00 bits per heavy atom. The predicted octanol–water partition coefficient (Wildman–Crippen LogP) is 1.24. The summed E-state index contributed by atoms with van der Waals surface area (Å²) in [6.07, 6.45) is 2.04. The van der Waals surface area contributed by atoms with E-state index < -0.39 is 0 Å². The van der Waals surface area contributed by atoms with E-state index in [4.69, 9.17) is 4.74 Å². The summed E-state index contributed by atoms with van der Waals surface area (Å²) >= 11 is 0. The van der Waals surface area contributed by atoms with Gasteiger partial charge in [0.2, 0.25) is 0 Å². The van der Waals surface area contributed by atoms with E-state index in [1.807, 2.05) is 4.90 Å². The molecule has 1 fully saturated rings. The number of Topliss-reactive ketones (excluding diaryl/α,β-unsaturated/α-hetero) is 1. The zero-order chi connectivity index (χ0) is 12.0. The van der Waals surface area contributed by atoms with Crippen molar-refractivity contribution in [3.05, 3.63) is 0 Å². The summed E-state index contributed by atoms with van der Waals surface area (Å²) in [6.45, 7) is 6.42. The van der Waals surface area contributed by atoms with E-state index in [0.29, 0.717) is 50.8 Å². The Morgan fingerprint density at radius 3 is 2.56 bits per heavy atom. The van der Waals surface area contributed by atoms with Gasteiger partial charge in [-0.25, -0.2) is 0 Å². The van der Waals surface area contributed by atoms with Crippen LogP contribution in [0, 0.1) is 5.92 Å². The minimum atomic E-state index is -0.171. The smallest absolute Gasteiger partial charge is 0.320 e. The Kier molecular flexibility index (Phi) is 5.46. The fraction of sp³-hybridized carbons (Fsp3) is 0.833. The molecule has 0 aromatic heterocycles. The largest absolute Gasteiger partial charge is 0.465 e. The number of nitrogens with zero attached hydrogens (tertiary/aromatic N) is 1. The molecule has 0 spiro atoms. The van der Waals surface area contributed by atoms with Crippen LogP contribution in [0.25, 0.3) is 0 Å². The minimum absolute atomic E-state index is 0.171. The molecule has 0 radical (unpaired) electrons. The van der Waals surface area contributed by atoms with Gasteiger partial charge in [-0.05, 0) is 12.3 Å². The van der Waals surface area contributed by atoms with Gasteiger partial charge in [0.05, 0.1) is 13.2 Å². The number of ether oxygens (including phenoxy) is 1. The maximum atomic E-state index is 11.4. The highest BCUT2D eigenvalue weighted by Crippen LogP contribution is 2.05. The third-order valence-electron chi connectivity index (χ3n) is 2.72. The minimum Gasteiger partial charge on any atom is -0.465 e. The lowest BCUT2D eigenvalue weighted by atomic mass is 10.1. The van der Waals surface area contributed by atoms with Crippen LogP contribution in [0.5, 0.6) is 0 Å². The number of rotatable bonds is 5. The molecule has 1 aliphatic heterocycles. The molecule has 1 heterocycles. The Bertz CT molecular complexity index is 241. The summed E-state index contributed by atoms with van der Waals surface area (Å²) in [5.74, 6) is 0.680. The average molecular weight is 227 g/mol. The van der Waals surface area contributed by atoms with Gasteiger partial charge in [0, 0.05) is 25.9 Å². The molecular formula is C12H21NO3. The first-order valence-corrected chi connectivity index (χ1v) is 5.97. The second-order valence-electron chi connectivity index (χ2n) is 4.72. The fourth-order valence-corrected chi connectivity index (χ4v) is 1.60. The molecule has 0 atom stereocenters. The van der Waals surface area contributed by atoms with Crippen LogP contribution >= 0.6 is 0 Å². The first-order chi connectivity index (χ1) is 7.58. The van der Waals surface area contributed by atoms with Gasteiger partial charge in [-0.3, -0.25) is 14.5 Å². The Morgan fingerprint density at radius 1 is 1.38 bits per heavy atom. The number of hydrogen-bond acceptors (Lipinski definition) is 4. The highest BCUT2D eigenvalue weighted by atomic mass is 16.5. The molecule has 0 amide bonds. The van der Waals surface area contributed by atoms with Crippen molar-refractivity contribution >= 4 is 11.8 Å². The molecule has 1 aliphatic rings. The predicted molar refractivity (Wildman–Crippen MR) is 61.1 cm³/mol. The van der Waals surface area contributed by atoms with Crippen molar-refractivity contribution in [2.75, 3.05) is 26.2 Å². The van der Waals surface area contributed by atoms with Crippen molar-refractivity contribution < 1.29 is 14.3 Å². The molecule has 4 nitrogen and oxygen atoms in total. The molecule has 1 saturated heterocycles. The zero-order valence-electron chi connectivity index (χ0n) is 10.2. The lowest BCUT2D eigenvalue weighted by Crippen LogP contribution is -2.38. The second kappa shape index (κ2) is 6.63. The van der Waals surface area contributed by atoms with Crippen molar-refractivity contribution in [2.45, 2.75) is 33.1 Å². The number of carbonyl (C=O) groups excluding carboxylic acids is 2. The van der Waals surface area contributed by atoms with Gasteiger partial charge in [-0.2, -0.15) is 0 Å². The average Bonchev–Trinajstić information content (AvgIpc) is 2.21. The third kappa shape index (κ3) is 5.26. The number of ketones is 1. The Hall–Kier alpha value is -0.900. The van der Waals surface area contributed by atoms with E-state index in [0.717, 1.165) is 6.42 Å². The molecule has 92 valence electrons. The zero-order valence-corrected chi connectivity index (χ0v) is 10.2. The first-order valence-electron chi connectivity index (χ1n) is 5.97. The number of likely N-dealkylation sites (tertiary alicyclic amines) is 1. The molecule has 0 N–H and O–H groups in total. The van der Waals surface area contributed by atoms with Gasteiger partial charge >= 0.3 is 5.97 Å². The maximum Gasteiger partial charge on any atom is 0.320 e. The van der Waals surface area contributed by atoms with E-state index in [9.17, 15) is 9.59 Å². The van der Waals surface area contributed by atoms with Crippen molar-refractivity contribution in [3.63, 3.8) is 0 Å². The second-order valence-corrected chi connectivity index (χ2v) is 4.72. The summed E-state index contributed by atoms with van der Waals surface area (Å²) in [5, 5.41) is 0. The summed E-state index contributed by atoms with van der Waals surface area (Å²) in [6, 6.07) is 0. The summed E-state index contributed by atoms with van der Waals surface area (Å²) in [7, 11) is 0. The van der Waals surface area contributed by atoms with E-state index in [1.165, 1.54) is 0 Å². The number of esters is 1. The van der Waals surface area contributed by atoms with Crippen LogP contribution in [0.2, 0.25) is 0 Å². The van der Waals surface area contributed by atoms with Crippen molar-refractivity contribution in [3.8, 4) is 0 Å². The topological polar surface area (TPSA) is 46.6 Å². The molecule has 16 heavy (non-hydrogen) atoms. The van der Waals surface area contributed by atoms with Gasteiger partial charge in [0.15, 0.2) is 0 Å². The van der Waals surface area contributed by atoms with Crippen LogP contribution in [-0.4, -0.2) is 42.9 Å². The fourth-order valence-electron chi connectivity index (χ4n) is 1.60. The molecule has 0 aromatic rings. The van der Waals surface area contributed by atoms with Crippen LogP contribution < -0.4 is 0 Å². The molecule has 1 rings (SSSR count). The van der Waals surface area contributed by atoms with Gasteiger partial charge < -0.3 is 4.74 Å². The highest BCUT2D eigenvalue weighted by Gasteiger charge is 2.18. The van der Waals surface area contributed by atoms with Crippen LogP contribution in [0.1, 0.15) is 33.1 Å². The van der Waals surface area contributed by atoms with E-state index >= 15 is 0 Å². The van der Waals surface area contributed by atoms with Crippen LogP contribution in [-0.2, 0) is 14.3 Å². The molecule has 0 unspecified atom stereocenters. The van der Waals surface area contributed by atoms with E-state index in [2.05, 4.69) is 13.8 Å². The van der Waals surface area contributed by atoms with Crippen molar-refractivity contribution in [1.29, 1.82) is 0 Å². The first kappa shape index (κ1) is 13.2. The number of carbonyl (C=O) groups is 2. The van der Waals surface area contributed by atoms with Crippen LogP contribution in [0.3, 0.4) is 0 Å². The summed E-state index contributed by atoms with van der Waals surface area (Å²) in [5.41, 5.74) is 0. The highest BCUT2D eigenvalue weighted by molar-refractivity contribution is 5.80. The molecule has 0 aromatic carbocycles. The van der Waals surface area contributed by atoms with Gasteiger partial charge in [0.25, 0.3) is 0 Å². The molecule has 4 heteroatoms. The van der Waals surface area contributed by atoms with Crippen LogP contribution in [0.15, 0.2) is 0 Å².